The third-order valence-corrected chi connectivity index (χ3v) is 5.84. The SMILES string of the molecule is CCC(C)COCC(C)COCC(C)COCC(C)COCC(C)COCC(C)C(C)C. The van der Waals surface area contributed by atoms with E-state index in [1.807, 2.05) is 0 Å². The van der Waals surface area contributed by atoms with Crippen LogP contribution in [0.2, 0.25) is 0 Å². The van der Waals surface area contributed by atoms with Gasteiger partial charge in [-0.3, -0.25) is 0 Å². The van der Waals surface area contributed by atoms with Crippen molar-refractivity contribution in [3.8, 4) is 0 Å². The van der Waals surface area contributed by atoms with Crippen LogP contribution in [-0.2, 0) is 23.7 Å². The molecule has 6 atom stereocenters. The van der Waals surface area contributed by atoms with Crippen LogP contribution in [-0.4, -0.2) is 66.1 Å². The quantitative estimate of drug-likeness (QED) is 0.200. The molecule has 5 heteroatoms. The van der Waals surface area contributed by atoms with Crippen LogP contribution in [0.4, 0.5) is 0 Å². The van der Waals surface area contributed by atoms with E-state index in [4.69, 9.17) is 23.7 Å². The van der Waals surface area contributed by atoms with Crippen LogP contribution in [0.15, 0.2) is 0 Å². The molecule has 0 aliphatic carbocycles. The number of hydrogen-bond acceptors (Lipinski definition) is 5. The molecule has 0 aliphatic heterocycles. The second kappa shape index (κ2) is 20.2. The summed E-state index contributed by atoms with van der Waals surface area (Å²) in [6.45, 7) is 27.5. The molecule has 0 fully saturated rings. The molecule has 0 aliphatic rings. The summed E-state index contributed by atoms with van der Waals surface area (Å²) in [5.41, 5.74) is 0. The minimum Gasteiger partial charge on any atom is -0.381 e. The maximum absolute atomic E-state index is 5.88. The molecule has 0 spiro atoms. The zero-order valence-corrected chi connectivity index (χ0v) is 22.9. The molecular formula is C27H56O5. The summed E-state index contributed by atoms with van der Waals surface area (Å²) in [5, 5.41) is 0. The van der Waals surface area contributed by atoms with Crippen LogP contribution in [0.25, 0.3) is 0 Å². The summed E-state index contributed by atoms with van der Waals surface area (Å²) in [4.78, 5) is 0. The lowest BCUT2D eigenvalue weighted by Gasteiger charge is -2.19. The van der Waals surface area contributed by atoms with Crippen molar-refractivity contribution in [2.75, 3.05) is 66.1 Å². The Morgan fingerprint density at radius 2 is 0.625 bits per heavy atom. The summed E-state index contributed by atoms with van der Waals surface area (Å²) in [5.74, 6) is 3.53. The lowest BCUT2D eigenvalue weighted by atomic mass is 9.99. The van der Waals surface area contributed by atoms with Gasteiger partial charge in [-0.2, -0.15) is 0 Å². The Bertz CT molecular complexity index is 404. The highest BCUT2D eigenvalue weighted by molar-refractivity contribution is 4.58. The fraction of sp³-hybridized carbons (Fsp3) is 1.00. The number of ether oxygens (including phenoxy) is 5. The van der Waals surface area contributed by atoms with E-state index in [0.717, 1.165) is 66.1 Å². The molecule has 32 heavy (non-hydrogen) atoms. The molecule has 0 aromatic heterocycles. The van der Waals surface area contributed by atoms with Gasteiger partial charge in [-0.05, 0) is 17.8 Å². The smallest absolute Gasteiger partial charge is 0.0513 e. The van der Waals surface area contributed by atoms with Gasteiger partial charge >= 0.3 is 0 Å². The van der Waals surface area contributed by atoms with Gasteiger partial charge in [-0.25, -0.2) is 0 Å². The van der Waals surface area contributed by atoms with Crippen molar-refractivity contribution in [1.29, 1.82) is 0 Å². The standard InChI is InChI=1S/C27H56O5/c1-10-22(4)11-28-12-23(5)13-29-14-24(6)15-30-16-25(7)17-31-18-26(8)19-32-20-27(9)21(2)3/h21-27H,10-20H2,1-9H3. The Morgan fingerprint density at radius 3 is 0.875 bits per heavy atom. The summed E-state index contributed by atoms with van der Waals surface area (Å²) < 4.78 is 29.2. The first-order chi connectivity index (χ1) is 15.1. The van der Waals surface area contributed by atoms with Gasteiger partial charge in [0.1, 0.15) is 0 Å². The topological polar surface area (TPSA) is 46.2 Å². The molecule has 0 amide bonds. The fourth-order valence-electron chi connectivity index (χ4n) is 2.84. The largest absolute Gasteiger partial charge is 0.381 e. The van der Waals surface area contributed by atoms with Crippen LogP contribution in [0.3, 0.4) is 0 Å². The molecule has 0 aromatic carbocycles. The van der Waals surface area contributed by atoms with E-state index in [-0.39, 0.29) is 0 Å². The molecule has 0 bridgehead atoms. The van der Waals surface area contributed by atoms with E-state index in [2.05, 4.69) is 62.3 Å². The lowest BCUT2D eigenvalue weighted by molar-refractivity contribution is -0.00994. The zero-order chi connectivity index (χ0) is 24.4. The molecule has 0 saturated heterocycles. The maximum atomic E-state index is 5.88. The fourth-order valence-corrected chi connectivity index (χ4v) is 2.84. The molecule has 6 unspecified atom stereocenters. The zero-order valence-electron chi connectivity index (χ0n) is 22.9. The lowest BCUT2D eigenvalue weighted by Crippen LogP contribution is -2.22. The molecule has 0 N–H and O–H groups in total. The molecule has 0 heterocycles. The van der Waals surface area contributed by atoms with E-state index in [0.29, 0.717) is 41.4 Å². The van der Waals surface area contributed by atoms with E-state index < -0.39 is 0 Å². The van der Waals surface area contributed by atoms with Crippen molar-refractivity contribution in [1.82, 2.24) is 0 Å². The number of rotatable bonds is 22. The minimum atomic E-state index is 0.389. The van der Waals surface area contributed by atoms with Gasteiger partial charge in [0.2, 0.25) is 0 Å². The molecule has 0 radical (unpaired) electrons. The van der Waals surface area contributed by atoms with Gasteiger partial charge in [-0.15, -0.1) is 0 Å². The van der Waals surface area contributed by atoms with Crippen LogP contribution in [0.1, 0.15) is 68.7 Å². The van der Waals surface area contributed by atoms with Crippen molar-refractivity contribution in [3.05, 3.63) is 0 Å². The first-order valence-electron chi connectivity index (χ1n) is 13.0. The van der Waals surface area contributed by atoms with Crippen molar-refractivity contribution < 1.29 is 23.7 Å². The molecule has 0 saturated carbocycles. The van der Waals surface area contributed by atoms with Gasteiger partial charge in [0.15, 0.2) is 0 Å². The third-order valence-electron chi connectivity index (χ3n) is 5.84. The summed E-state index contributed by atoms with van der Waals surface area (Å²) in [6.07, 6.45) is 1.17. The maximum Gasteiger partial charge on any atom is 0.0513 e. The van der Waals surface area contributed by atoms with Crippen molar-refractivity contribution in [3.63, 3.8) is 0 Å². The first kappa shape index (κ1) is 31.8. The molecular weight excluding hydrogens is 404 g/mol. The van der Waals surface area contributed by atoms with E-state index >= 15 is 0 Å². The average molecular weight is 461 g/mol. The highest BCUT2D eigenvalue weighted by Crippen LogP contribution is 2.11. The highest BCUT2D eigenvalue weighted by atomic mass is 16.5. The Kier molecular flexibility index (Phi) is 20.1. The van der Waals surface area contributed by atoms with E-state index in [9.17, 15) is 0 Å². The van der Waals surface area contributed by atoms with Crippen LogP contribution in [0.5, 0.6) is 0 Å². The molecule has 194 valence electrons. The summed E-state index contributed by atoms with van der Waals surface area (Å²) in [7, 11) is 0. The van der Waals surface area contributed by atoms with Gasteiger partial charge in [0.05, 0.1) is 52.9 Å². The van der Waals surface area contributed by atoms with Crippen molar-refractivity contribution >= 4 is 0 Å². The van der Waals surface area contributed by atoms with Crippen LogP contribution >= 0.6 is 0 Å². The molecule has 5 nitrogen and oxygen atoms in total. The van der Waals surface area contributed by atoms with Gasteiger partial charge in [0, 0.05) is 36.9 Å². The van der Waals surface area contributed by atoms with Gasteiger partial charge < -0.3 is 23.7 Å². The average Bonchev–Trinajstić information content (AvgIpc) is 2.73. The van der Waals surface area contributed by atoms with E-state index in [1.54, 1.807) is 0 Å². The Balaban J connectivity index is 3.63. The number of hydrogen-bond donors (Lipinski definition) is 0. The van der Waals surface area contributed by atoms with Crippen LogP contribution < -0.4 is 0 Å². The molecule has 0 aromatic rings. The van der Waals surface area contributed by atoms with E-state index in [1.165, 1.54) is 6.42 Å². The Morgan fingerprint density at radius 1 is 0.375 bits per heavy atom. The second-order valence-corrected chi connectivity index (χ2v) is 10.8. The van der Waals surface area contributed by atoms with Crippen molar-refractivity contribution in [2.24, 2.45) is 41.4 Å². The Hall–Kier alpha value is -0.200. The van der Waals surface area contributed by atoms with Gasteiger partial charge in [-0.1, -0.05) is 68.7 Å². The monoisotopic (exact) mass is 460 g/mol. The normalized spacial score (nSPS) is 17.8. The third kappa shape index (κ3) is 19.3. The predicted octanol–water partition coefficient (Wildman–Crippen LogP) is 5.95. The molecule has 0 rings (SSSR count). The van der Waals surface area contributed by atoms with Gasteiger partial charge in [0.25, 0.3) is 0 Å². The minimum absolute atomic E-state index is 0.389. The summed E-state index contributed by atoms with van der Waals surface area (Å²) >= 11 is 0. The highest BCUT2D eigenvalue weighted by Gasteiger charge is 2.11. The van der Waals surface area contributed by atoms with Crippen LogP contribution in [0, 0.1) is 41.4 Å². The van der Waals surface area contributed by atoms with Crippen molar-refractivity contribution in [2.45, 2.75) is 68.7 Å². The second-order valence-electron chi connectivity index (χ2n) is 10.8. The first-order valence-corrected chi connectivity index (χ1v) is 13.0. The predicted molar refractivity (Wildman–Crippen MR) is 134 cm³/mol. The summed E-state index contributed by atoms with van der Waals surface area (Å²) in [6, 6.07) is 0. The Labute approximate surface area is 200 Å².